The zero-order chi connectivity index (χ0) is 14.7. The summed E-state index contributed by atoms with van der Waals surface area (Å²) in [7, 11) is 1.40. The number of carbonyl (C=O) groups is 1. The number of halogens is 1. The number of ketones is 1. The fraction of sp³-hybridized carbons (Fsp3) is 0.286. The van der Waals surface area contributed by atoms with Crippen LogP contribution < -0.4 is 10.5 Å². The maximum Gasteiger partial charge on any atom is 0.186 e. The fourth-order valence-corrected chi connectivity index (χ4v) is 2.50. The highest BCUT2D eigenvalue weighted by atomic mass is 32.1. The Bertz CT molecular complexity index is 625. The van der Waals surface area contributed by atoms with Crippen molar-refractivity contribution in [2.45, 2.75) is 19.4 Å². The van der Waals surface area contributed by atoms with Crippen LogP contribution in [0.4, 0.5) is 4.39 Å². The average Bonchev–Trinajstić information content (AvgIpc) is 2.88. The molecule has 0 aliphatic rings. The first-order valence-corrected chi connectivity index (χ1v) is 6.96. The molecule has 0 aliphatic carbocycles. The number of rotatable bonds is 5. The maximum absolute atomic E-state index is 13.5. The monoisotopic (exact) mass is 294 g/mol. The topological polar surface area (TPSA) is 65.2 Å². The first-order valence-electron chi connectivity index (χ1n) is 6.08. The lowest BCUT2D eigenvalue weighted by atomic mass is 10.1. The van der Waals surface area contributed by atoms with E-state index in [1.807, 2.05) is 6.92 Å². The molecular formula is C14H15FN2O2S. The summed E-state index contributed by atoms with van der Waals surface area (Å²) >= 11 is 1.35. The molecule has 1 atom stereocenters. The van der Waals surface area contributed by atoms with Crippen LogP contribution in [-0.2, 0) is 6.42 Å². The molecule has 0 saturated carbocycles. The molecule has 1 aromatic carbocycles. The van der Waals surface area contributed by atoms with E-state index in [1.165, 1.54) is 30.6 Å². The summed E-state index contributed by atoms with van der Waals surface area (Å²) < 4.78 is 18.4. The third kappa shape index (κ3) is 3.20. The first-order chi connectivity index (χ1) is 9.51. The predicted molar refractivity (Wildman–Crippen MR) is 75.7 cm³/mol. The van der Waals surface area contributed by atoms with Crippen molar-refractivity contribution in [2.24, 2.45) is 5.73 Å². The van der Waals surface area contributed by atoms with Crippen LogP contribution in [0.5, 0.6) is 5.75 Å². The minimum absolute atomic E-state index is 0.100. The summed E-state index contributed by atoms with van der Waals surface area (Å²) in [5.41, 5.74) is 6.67. The molecule has 0 radical (unpaired) electrons. The number of benzene rings is 1. The van der Waals surface area contributed by atoms with Gasteiger partial charge >= 0.3 is 0 Å². The molecule has 6 heteroatoms. The van der Waals surface area contributed by atoms with Crippen LogP contribution in [0.15, 0.2) is 23.6 Å². The van der Waals surface area contributed by atoms with Gasteiger partial charge in [0.1, 0.15) is 10.7 Å². The molecule has 2 rings (SSSR count). The Morgan fingerprint density at radius 1 is 1.55 bits per heavy atom. The third-order valence-electron chi connectivity index (χ3n) is 2.78. The second-order valence-electron chi connectivity index (χ2n) is 4.43. The van der Waals surface area contributed by atoms with E-state index >= 15 is 0 Å². The smallest absolute Gasteiger partial charge is 0.186 e. The molecule has 0 amide bonds. The molecule has 106 valence electrons. The Labute approximate surface area is 120 Å². The van der Waals surface area contributed by atoms with E-state index in [9.17, 15) is 9.18 Å². The number of thiazole rings is 1. The number of hydrogen-bond acceptors (Lipinski definition) is 5. The zero-order valence-corrected chi connectivity index (χ0v) is 12.0. The second kappa shape index (κ2) is 6.11. The van der Waals surface area contributed by atoms with Crippen molar-refractivity contribution in [1.29, 1.82) is 0 Å². The van der Waals surface area contributed by atoms with Gasteiger partial charge in [-0.2, -0.15) is 0 Å². The Morgan fingerprint density at radius 2 is 2.30 bits per heavy atom. The third-order valence-corrected chi connectivity index (χ3v) is 3.82. The van der Waals surface area contributed by atoms with E-state index in [-0.39, 0.29) is 24.0 Å². The molecule has 2 aromatic rings. The van der Waals surface area contributed by atoms with Gasteiger partial charge in [-0.1, -0.05) is 6.07 Å². The Hall–Kier alpha value is -1.79. The summed E-state index contributed by atoms with van der Waals surface area (Å²) in [6, 6.07) is 4.28. The minimum Gasteiger partial charge on any atom is -0.494 e. The number of methoxy groups -OCH3 is 1. The van der Waals surface area contributed by atoms with Crippen LogP contribution in [-0.4, -0.2) is 17.9 Å². The van der Waals surface area contributed by atoms with Crippen molar-refractivity contribution < 1.29 is 13.9 Å². The van der Waals surface area contributed by atoms with Crippen molar-refractivity contribution >= 4 is 17.1 Å². The van der Waals surface area contributed by atoms with Crippen LogP contribution in [0.2, 0.25) is 0 Å². The lowest BCUT2D eigenvalue weighted by Crippen LogP contribution is -2.07. The largest absolute Gasteiger partial charge is 0.494 e. The average molecular weight is 294 g/mol. The minimum atomic E-state index is -0.479. The summed E-state index contributed by atoms with van der Waals surface area (Å²) in [5.74, 6) is -0.473. The number of ether oxygens (including phenoxy) is 1. The number of aromatic nitrogens is 1. The molecule has 1 unspecified atom stereocenters. The van der Waals surface area contributed by atoms with Gasteiger partial charge in [0.2, 0.25) is 0 Å². The lowest BCUT2D eigenvalue weighted by molar-refractivity contribution is 0.0988. The molecule has 4 nitrogen and oxygen atoms in total. The quantitative estimate of drug-likeness (QED) is 0.861. The first kappa shape index (κ1) is 14.6. The Morgan fingerprint density at radius 3 is 2.85 bits per heavy atom. The van der Waals surface area contributed by atoms with Gasteiger partial charge in [0.15, 0.2) is 17.3 Å². The van der Waals surface area contributed by atoms with E-state index in [2.05, 4.69) is 4.98 Å². The highest BCUT2D eigenvalue weighted by Gasteiger charge is 2.14. The van der Waals surface area contributed by atoms with Crippen LogP contribution in [0.3, 0.4) is 0 Å². The summed E-state index contributed by atoms with van der Waals surface area (Å²) in [6.07, 6.45) is 0.100. The van der Waals surface area contributed by atoms with Crippen molar-refractivity contribution in [2.75, 3.05) is 7.11 Å². The van der Waals surface area contributed by atoms with Crippen molar-refractivity contribution in [3.63, 3.8) is 0 Å². The maximum atomic E-state index is 13.5. The van der Waals surface area contributed by atoms with Gasteiger partial charge in [0, 0.05) is 11.8 Å². The van der Waals surface area contributed by atoms with Gasteiger partial charge in [0.05, 0.1) is 13.2 Å². The van der Waals surface area contributed by atoms with Crippen LogP contribution in [0.1, 0.15) is 34.0 Å². The standard InChI is InChI=1S/C14H15FN2O2S/c1-8(16)14-17-11(7-20-14)12(18)6-9-3-4-13(19-2)10(15)5-9/h3-5,7-8H,6,16H2,1-2H3. The SMILES string of the molecule is COc1ccc(CC(=O)c2csc(C(C)N)n2)cc1F. The molecule has 0 spiro atoms. The zero-order valence-electron chi connectivity index (χ0n) is 11.2. The Kier molecular flexibility index (Phi) is 4.46. The molecule has 20 heavy (non-hydrogen) atoms. The van der Waals surface area contributed by atoms with E-state index in [4.69, 9.17) is 10.5 Å². The lowest BCUT2D eigenvalue weighted by Gasteiger charge is -2.04. The molecule has 0 aliphatic heterocycles. The second-order valence-corrected chi connectivity index (χ2v) is 5.32. The van der Waals surface area contributed by atoms with Gasteiger partial charge < -0.3 is 10.5 Å². The van der Waals surface area contributed by atoms with Gasteiger partial charge in [-0.25, -0.2) is 9.37 Å². The highest BCUT2D eigenvalue weighted by Crippen LogP contribution is 2.20. The van der Waals surface area contributed by atoms with Gasteiger partial charge in [0.25, 0.3) is 0 Å². The van der Waals surface area contributed by atoms with E-state index < -0.39 is 5.82 Å². The van der Waals surface area contributed by atoms with Crippen LogP contribution >= 0.6 is 11.3 Å². The van der Waals surface area contributed by atoms with E-state index in [0.717, 1.165) is 0 Å². The molecule has 0 bridgehead atoms. The normalized spacial score (nSPS) is 12.2. The van der Waals surface area contributed by atoms with Gasteiger partial charge in [-0.05, 0) is 24.6 Å². The van der Waals surface area contributed by atoms with Crippen molar-refractivity contribution in [3.05, 3.63) is 45.7 Å². The van der Waals surface area contributed by atoms with Gasteiger partial charge in [-0.3, -0.25) is 4.79 Å². The summed E-state index contributed by atoms with van der Waals surface area (Å²) in [5, 5.41) is 2.40. The van der Waals surface area contributed by atoms with E-state index in [1.54, 1.807) is 11.4 Å². The molecule has 1 aromatic heterocycles. The number of nitrogens with zero attached hydrogens (tertiary/aromatic N) is 1. The van der Waals surface area contributed by atoms with Crippen LogP contribution in [0.25, 0.3) is 0 Å². The van der Waals surface area contributed by atoms with Crippen molar-refractivity contribution in [1.82, 2.24) is 4.98 Å². The number of hydrogen-bond donors (Lipinski definition) is 1. The number of nitrogens with two attached hydrogens (primary N) is 1. The predicted octanol–water partition coefficient (Wildman–Crippen LogP) is 2.74. The molecule has 1 heterocycles. The highest BCUT2D eigenvalue weighted by molar-refractivity contribution is 7.09. The summed E-state index contributed by atoms with van der Waals surface area (Å²) in [6.45, 7) is 1.81. The molecule has 0 saturated heterocycles. The fourth-order valence-electron chi connectivity index (χ4n) is 1.72. The molecular weight excluding hydrogens is 279 g/mol. The van der Waals surface area contributed by atoms with Crippen LogP contribution in [0, 0.1) is 5.82 Å². The van der Waals surface area contributed by atoms with Crippen molar-refractivity contribution in [3.8, 4) is 5.75 Å². The Balaban J connectivity index is 2.12. The molecule has 2 N–H and O–H groups in total. The summed E-state index contributed by atoms with van der Waals surface area (Å²) in [4.78, 5) is 16.3. The molecule has 0 fully saturated rings. The van der Waals surface area contributed by atoms with Gasteiger partial charge in [-0.15, -0.1) is 11.3 Å². The number of Topliss-reactive ketones (excluding diaryl/α,β-unsaturated/α-hetero) is 1. The van der Waals surface area contributed by atoms with E-state index in [0.29, 0.717) is 16.3 Å². The number of carbonyl (C=O) groups excluding carboxylic acids is 1.